The van der Waals surface area contributed by atoms with E-state index < -0.39 is 10.0 Å². The van der Waals surface area contributed by atoms with Crippen molar-refractivity contribution in [3.63, 3.8) is 0 Å². The third kappa shape index (κ3) is 5.14. The molecule has 0 spiro atoms. The van der Waals surface area contributed by atoms with Crippen LogP contribution in [0.3, 0.4) is 0 Å². The van der Waals surface area contributed by atoms with E-state index in [0.29, 0.717) is 33.5 Å². The highest BCUT2D eigenvalue weighted by atomic mass is 32.2. The molecule has 8 nitrogen and oxygen atoms in total. The smallest absolute Gasteiger partial charge is 0.262 e. The van der Waals surface area contributed by atoms with Gasteiger partial charge < -0.3 is 14.8 Å². The van der Waals surface area contributed by atoms with Gasteiger partial charge in [0.1, 0.15) is 28.1 Å². The predicted octanol–water partition coefficient (Wildman–Crippen LogP) is 4.25. The normalized spacial score (nSPS) is 11.5. The van der Waals surface area contributed by atoms with Crippen molar-refractivity contribution in [2.45, 2.75) is 11.8 Å². The van der Waals surface area contributed by atoms with Crippen LogP contribution in [0.2, 0.25) is 0 Å². The fourth-order valence-electron chi connectivity index (χ4n) is 2.67. The minimum absolute atomic E-state index is 0.0127. The van der Waals surface area contributed by atoms with Crippen LogP contribution in [0.4, 0.5) is 11.4 Å². The van der Waals surface area contributed by atoms with Crippen molar-refractivity contribution in [3.8, 4) is 17.6 Å². The van der Waals surface area contributed by atoms with E-state index in [0.717, 1.165) is 5.69 Å². The van der Waals surface area contributed by atoms with E-state index in [-0.39, 0.29) is 4.90 Å². The van der Waals surface area contributed by atoms with E-state index in [1.165, 1.54) is 50.0 Å². The number of nitrogens with one attached hydrogen (secondary N) is 2. The van der Waals surface area contributed by atoms with Crippen LogP contribution in [-0.2, 0) is 10.0 Å². The summed E-state index contributed by atoms with van der Waals surface area (Å²) in [7, 11) is -0.971. The van der Waals surface area contributed by atoms with Gasteiger partial charge in [-0.05, 0) is 37.3 Å². The van der Waals surface area contributed by atoms with Crippen LogP contribution in [0.15, 0.2) is 58.9 Å². The van der Waals surface area contributed by atoms with Crippen molar-refractivity contribution >= 4 is 38.3 Å². The number of hydrogen-bond acceptors (Lipinski definition) is 8. The first-order valence-electron chi connectivity index (χ1n) is 9.01. The number of aryl methyl sites for hydroxylation is 1. The number of methoxy groups -OCH3 is 2. The summed E-state index contributed by atoms with van der Waals surface area (Å²) in [6, 6.07) is 13.2. The molecule has 0 saturated carbocycles. The third-order valence-electron chi connectivity index (χ3n) is 4.17. The second-order valence-electron chi connectivity index (χ2n) is 6.28. The van der Waals surface area contributed by atoms with E-state index in [4.69, 9.17) is 9.47 Å². The molecule has 2 N–H and O–H groups in total. The second kappa shape index (κ2) is 9.51. The van der Waals surface area contributed by atoms with E-state index >= 15 is 0 Å². The molecule has 10 heteroatoms. The zero-order chi connectivity index (χ0) is 22.4. The lowest BCUT2D eigenvalue weighted by molar-refractivity contribution is 0.416. The molecular weight excluding hydrogens is 436 g/mol. The van der Waals surface area contributed by atoms with Crippen molar-refractivity contribution in [1.82, 2.24) is 4.98 Å². The highest BCUT2D eigenvalue weighted by molar-refractivity contribution is 7.92. The predicted molar refractivity (Wildman–Crippen MR) is 121 cm³/mol. The van der Waals surface area contributed by atoms with Gasteiger partial charge in [0.2, 0.25) is 0 Å². The largest absolute Gasteiger partial charge is 0.495 e. The van der Waals surface area contributed by atoms with Gasteiger partial charge in [-0.2, -0.15) is 5.26 Å². The molecule has 0 radical (unpaired) electrons. The van der Waals surface area contributed by atoms with E-state index in [9.17, 15) is 13.7 Å². The number of sulfonamides is 1. The van der Waals surface area contributed by atoms with Crippen LogP contribution in [0.25, 0.3) is 5.57 Å². The highest BCUT2D eigenvalue weighted by Gasteiger charge is 2.18. The van der Waals surface area contributed by atoms with Crippen molar-refractivity contribution in [2.75, 3.05) is 24.3 Å². The van der Waals surface area contributed by atoms with Gasteiger partial charge in [0.05, 0.1) is 30.5 Å². The lowest BCUT2D eigenvalue weighted by Gasteiger charge is -2.14. The molecule has 1 heterocycles. The monoisotopic (exact) mass is 456 g/mol. The summed E-state index contributed by atoms with van der Waals surface area (Å²) in [4.78, 5) is 4.31. The lowest BCUT2D eigenvalue weighted by Crippen LogP contribution is -2.14. The SMILES string of the molecule is COc1ccc(S(=O)(=O)Nc2ccccc2OC)cc1N/C=C(\C#N)c1nc(C)cs1. The minimum atomic E-state index is -3.91. The first kappa shape index (κ1) is 22.1. The number of hydrogen-bond donors (Lipinski definition) is 2. The highest BCUT2D eigenvalue weighted by Crippen LogP contribution is 2.31. The Morgan fingerprint density at radius 3 is 2.48 bits per heavy atom. The molecule has 0 amide bonds. The summed E-state index contributed by atoms with van der Waals surface area (Å²) in [6.07, 6.45) is 1.47. The summed E-state index contributed by atoms with van der Waals surface area (Å²) in [6.45, 7) is 1.84. The number of benzene rings is 2. The molecule has 3 rings (SSSR count). The maximum atomic E-state index is 12.9. The molecule has 0 aliphatic rings. The van der Waals surface area contributed by atoms with Crippen LogP contribution in [0.5, 0.6) is 11.5 Å². The number of thiazole rings is 1. The van der Waals surface area contributed by atoms with Crippen molar-refractivity contribution in [1.29, 1.82) is 5.26 Å². The van der Waals surface area contributed by atoms with Gasteiger partial charge in [0.25, 0.3) is 10.0 Å². The Kier molecular flexibility index (Phi) is 6.79. The summed E-state index contributed by atoms with van der Waals surface area (Å²) in [5.41, 5.74) is 1.84. The van der Waals surface area contributed by atoms with Crippen LogP contribution in [0.1, 0.15) is 10.7 Å². The van der Waals surface area contributed by atoms with Crippen molar-refractivity contribution in [3.05, 3.63) is 64.7 Å². The summed E-state index contributed by atoms with van der Waals surface area (Å²) in [5.74, 6) is 0.818. The number of nitriles is 1. The Morgan fingerprint density at radius 1 is 1.13 bits per heavy atom. The van der Waals surface area contributed by atoms with Gasteiger partial charge >= 0.3 is 0 Å². The molecule has 0 aliphatic heterocycles. The Bertz CT molecular complexity index is 1260. The first-order valence-corrected chi connectivity index (χ1v) is 11.4. The molecule has 2 aromatic carbocycles. The average Bonchev–Trinajstić information content (AvgIpc) is 3.20. The maximum absolute atomic E-state index is 12.9. The molecule has 0 bridgehead atoms. The number of rotatable bonds is 8. The van der Waals surface area contributed by atoms with E-state index in [1.807, 2.05) is 12.3 Å². The lowest BCUT2D eigenvalue weighted by atomic mass is 10.2. The molecular formula is C21H20N4O4S2. The number of para-hydroxylation sites is 2. The van der Waals surface area contributed by atoms with Gasteiger partial charge in [-0.25, -0.2) is 13.4 Å². The quantitative estimate of drug-likeness (QED) is 0.487. The number of ether oxygens (including phenoxy) is 2. The summed E-state index contributed by atoms with van der Waals surface area (Å²) in [5, 5.41) is 14.8. The third-order valence-corrected chi connectivity index (χ3v) is 6.53. The molecule has 0 atom stereocenters. The van der Waals surface area contributed by atoms with Gasteiger partial charge in [0, 0.05) is 17.3 Å². The van der Waals surface area contributed by atoms with E-state index in [2.05, 4.69) is 21.1 Å². The summed E-state index contributed by atoms with van der Waals surface area (Å²) < 4.78 is 38.9. The standard InChI is InChI=1S/C21H20N4O4S2/c1-14-13-30-21(24-14)15(11-22)12-23-18-10-16(8-9-20(18)29-3)31(26,27)25-17-6-4-5-7-19(17)28-2/h4-10,12-13,23,25H,1-3H3/b15-12+. The summed E-state index contributed by atoms with van der Waals surface area (Å²) >= 11 is 1.35. The van der Waals surface area contributed by atoms with Gasteiger partial charge in [-0.15, -0.1) is 11.3 Å². The van der Waals surface area contributed by atoms with Crippen LogP contribution in [-0.4, -0.2) is 27.6 Å². The zero-order valence-corrected chi connectivity index (χ0v) is 18.7. The Morgan fingerprint density at radius 2 is 1.84 bits per heavy atom. The molecule has 0 fully saturated rings. The number of aromatic nitrogens is 1. The van der Waals surface area contributed by atoms with Gasteiger partial charge in [0.15, 0.2) is 0 Å². The molecule has 160 valence electrons. The molecule has 0 unspecified atom stereocenters. The molecule has 1 aromatic heterocycles. The molecule has 3 aromatic rings. The van der Waals surface area contributed by atoms with Crippen LogP contribution < -0.4 is 19.5 Å². The fourth-order valence-corrected chi connectivity index (χ4v) is 4.53. The maximum Gasteiger partial charge on any atom is 0.262 e. The van der Waals surface area contributed by atoms with Crippen molar-refractivity contribution in [2.24, 2.45) is 0 Å². The number of anilines is 2. The fraction of sp³-hybridized carbons (Fsp3) is 0.143. The Balaban J connectivity index is 1.93. The molecule has 0 saturated heterocycles. The minimum Gasteiger partial charge on any atom is -0.495 e. The van der Waals surface area contributed by atoms with E-state index in [1.54, 1.807) is 24.3 Å². The van der Waals surface area contributed by atoms with Crippen LogP contribution in [0, 0.1) is 18.3 Å². The average molecular weight is 457 g/mol. The molecule has 0 aliphatic carbocycles. The van der Waals surface area contributed by atoms with Gasteiger partial charge in [-0.1, -0.05) is 12.1 Å². The van der Waals surface area contributed by atoms with Gasteiger partial charge in [-0.3, -0.25) is 4.72 Å². The first-order chi connectivity index (χ1) is 14.9. The van der Waals surface area contributed by atoms with Crippen molar-refractivity contribution < 1.29 is 17.9 Å². The Hall–Kier alpha value is -3.55. The number of allylic oxidation sites excluding steroid dienone is 1. The van der Waals surface area contributed by atoms with Crippen LogP contribution >= 0.6 is 11.3 Å². The molecule has 31 heavy (non-hydrogen) atoms. The Labute approximate surface area is 184 Å². The second-order valence-corrected chi connectivity index (χ2v) is 8.82. The number of nitrogens with zero attached hydrogens (tertiary/aromatic N) is 2. The zero-order valence-electron chi connectivity index (χ0n) is 17.0. The topological polar surface area (TPSA) is 113 Å².